The van der Waals surface area contributed by atoms with Crippen molar-refractivity contribution in [2.24, 2.45) is 0 Å². The maximum absolute atomic E-state index is 14.3. The summed E-state index contributed by atoms with van der Waals surface area (Å²) in [5.74, 6) is -1.48. The summed E-state index contributed by atoms with van der Waals surface area (Å²) in [5, 5.41) is 2.45. The number of rotatable bonds is 6. The van der Waals surface area contributed by atoms with Gasteiger partial charge < -0.3 is 9.47 Å². The van der Waals surface area contributed by atoms with Crippen LogP contribution in [0.1, 0.15) is 16.7 Å². The number of methoxy groups -OCH3 is 1. The molecule has 9 heteroatoms. The van der Waals surface area contributed by atoms with Gasteiger partial charge in [0.15, 0.2) is 16.6 Å². The summed E-state index contributed by atoms with van der Waals surface area (Å²) in [4.78, 5) is 26.7. The molecular weight excluding hydrogens is 491 g/mol. The van der Waals surface area contributed by atoms with E-state index >= 15 is 0 Å². The number of hydrogen-bond donors (Lipinski definition) is 1. The summed E-state index contributed by atoms with van der Waals surface area (Å²) in [6, 6.07) is 16.6. The highest BCUT2D eigenvalue weighted by Gasteiger charge is 2.35. The van der Waals surface area contributed by atoms with Crippen molar-refractivity contribution in [3.05, 3.63) is 93.8 Å². The summed E-state index contributed by atoms with van der Waals surface area (Å²) >= 11 is 11.6. The van der Waals surface area contributed by atoms with E-state index in [1.54, 1.807) is 18.2 Å². The second kappa shape index (κ2) is 10.2. The third kappa shape index (κ3) is 5.18. The first-order valence-electron chi connectivity index (χ1n) is 10.5. The molecule has 4 rings (SSSR count). The summed E-state index contributed by atoms with van der Waals surface area (Å²) in [6.07, 6.45) is 1.34. The fraction of sp³-hybridized carbons (Fsp3) is 0.115. The predicted molar refractivity (Wildman–Crippen MR) is 136 cm³/mol. The van der Waals surface area contributed by atoms with Crippen molar-refractivity contribution in [2.75, 3.05) is 12.0 Å². The molecule has 0 radical (unpaired) electrons. The van der Waals surface area contributed by atoms with E-state index in [1.807, 2.05) is 31.2 Å². The lowest BCUT2D eigenvalue weighted by atomic mass is 10.1. The minimum Gasteiger partial charge on any atom is -0.493 e. The highest BCUT2D eigenvalue weighted by atomic mass is 35.5. The molecule has 2 amide bonds. The smallest absolute Gasteiger partial charge is 0.270 e. The molecular formula is C26H20ClFN2O4S. The average molecular weight is 511 g/mol. The van der Waals surface area contributed by atoms with Crippen molar-refractivity contribution < 1.29 is 23.5 Å². The van der Waals surface area contributed by atoms with E-state index in [1.165, 1.54) is 31.4 Å². The van der Waals surface area contributed by atoms with Gasteiger partial charge in [-0.25, -0.2) is 9.29 Å². The number of anilines is 1. The fourth-order valence-corrected chi connectivity index (χ4v) is 4.03. The molecule has 3 aromatic rings. The van der Waals surface area contributed by atoms with E-state index in [9.17, 15) is 14.0 Å². The average Bonchev–Trinajstić information content (AvgIpc) is 2.83. The van der Waals surface area contributed by atoms with Gasteiger partial charge in [0, 0.05) is 0 Å². The molecule has 35 heavy (non-hydrogen) atoms. The second-order valence-electron chi connectivity index (χ2n) is 7.72. The largest absolute Gasteiger partial charge is 0.493 e. The van der Waals surface area contributed by atoms with Crippen molar-refractivity contribution in [2.45, 2.75) is 13.5 Å². The number of aryl methyl sites for hydroxylation is 1. The van der Waals surface area contributed by atoms with Gasteiger partial charge in [-0.3, -0.25) is 14.9 Å². The quantitative estimate of drug-likeness (QED) is 0.280. The van der Waals surface area contributed by atoms with E-state index in [-0.39, 0.29) is 28.0 Å². The number of nitrogens with zero attached hydrogens (tertiary/aromatic N) is 1. The number of benzene rings is 3. The number of hydrogen-bond acceptors (Lipinski definition) is 5. The van der Waals surface area contributed by atoms with Crippen LogP contribution in [0.15, 0.2) is 66.2 Å². The molecule has 3 aromatic carbocycles. The Morgan fingerprint density at radius 1 is 1.11 bits per heavy atom. The van der Waals surface area contributed by atoms with E-state index < -0.39 is 17.6 Å². The number of halogens is 2. The molecule has 0 unspecified atom stereocenters. The second-order valence-corrected chi connectivity index (χ2v) is 8.51. The van der Waals surface area contributed by atoms with Crippen LogP contribution in [-0.4, -0.2) is 24.0 Å². The molecule has 1 saturated heterocycles. The predicted octanol–water partition coefficient (Wildman–Crippen LogP) is 5.21. The number of amides is 2. The lowest BCUT2D eigenvalue weighted by Crippen LogP contribution is -2.54. The normalized spacial score (nSPS) is 14.8. The molecule has 0 bridgehead atoms. The van der Waals surface area contributed by atoms with E-state index in [0.29, 0.717) is 17.1 Å². The SMILES string of the molecule is COc1cc(/C=C2\C(=O)NC(=S)N(c3ccccc3F)C2=O)cc(Cl)c1OCc1ccc(C)cc1. The Labute approximate surface area is 211 Å². The van der Waals surface area contributed by atoms with Gasteiger partial charge in [0.1, 0.15) is 18.0 Å². The van der Waals surface area contributed by atoms with Gasteiger partial charge in [0.2, 0.25) is 0 Å². The number of carbonyl (C=O) groups is 2. The number of nitrogens with one attached hydrogen (secondary N) is 1. The number of carbonyl (C=O) groups excluding carboxylic acids is 2. The molecule has 1 heterocycles. The van der Waals surface area contributed by atoms with Crippen molar-refractivity contribution in [1.82, 2.24) is 5.32 Å². The molecule has 0 saturated carbocycles. The molecule has 6 nitrogen and oxygen atoms in total. The van der Waals surface area contributed by atoms with Gasteiger partial charge in [-0.15, -0.1) is 0 Å². The minimum absolute atomic E-state index is 0.0659. The van der Waals surface area contributed by atoms with Crippen molar-refractivity contribution in [3.63, 3.8) is 0 Å². The van der Waals surface area contributed by atoms with E-state index in [0.717, 1.165) is 16.0 Å². The summed E-state index contributed by atoms with van der Waals surface area (Å²) in [5.41, 5.74) is 2.19. The van der Waals surface area contributed by atoms with Crippen LogP contribution in [0.5, 0.6) is 11.5 Å². The Morgan fingerprint density at radius 3 is 2.51 bits per heavy atom. The number of thiocarbonyl (C=S) groups is 1. The van der Waals surface area contributed by atoms with Crippen LogP contribution in [0.4, 0.5) is 10.1 Å². The van der Waals surface area contributed by atoms with Crippen LogP contribution >= 0.6 is 23.8 Å². The maximum atomic E-state index is 14.3. The Hall–Kier alpha value is -3.75. The van der Waals surface area contributed by atoms with Crippen LogP contribution in [0.2, 0.25) is 5.02 Å². The lowest BCUT2D eigenvalue weighted by molar-refractivity contribution is -0.122. The van der Waals surface area contributed by atoms with Gasteiger partial charge in [0.05, 0.1) is 17.8 Å². The van der Waals surface area contributed by atoms with Gasteiger partial charge in [-0.1, -0.05) is 53.6 Å². The van der Waals surface area contributed by atoms with Crippen LogP contribution in [0.25, 0.3) is 6.08 Å². The number of ether oxygens (including phenoxy) is 2. The topological polar surface area (TPSA) is 67.9 Å². The Bertz CT molecular complexity index is 1360. The van der Waals surface area contributed by atoms with Gasteiger partial charge in [0.25, 0.3) is 11.8 Å². The monoisotopic (exact) mass is 510 g/mol. The van der Waals surface area contributed by atoms with Crippen LogP contribution < -0.4 is 19.7 Å². The van der Waals surface area contributed by atoms with Crippen LogP contribution in [0.3, 0.4) is 0 Å². The van der Waals surface area contributed by atoms with Crippen molar-refractivity contribution in [1.29, 1.82) is 0 Å². The van der Waals surface area contributed by atoms with Gasteiger partial charge >= 0.3 is 0 Å². The zero-order valence-corrected chi connectivity index (χ0v) is 20.4. The first-order chi connectivity index (χ1) is 16.8. The summed E-state index contributed by atoms with van der Waals surface area (Å²) in [7, 11) is 1.46. The van der Waals surface area contributed by atoms with Gasteiger partial charge in [-0.05, 0) is 60.6 Å². The first kappa shape index (κ1) is 24.4. The van der Waals surface area contributed by atoms with Crippen LogP contribution in [0, 0.1) is 12.7 Å². The Kier molecular flexibility index (Phi) is 7.14. The first-order valence-corrected chi connectivity index (χ1v) is 11.3. The molecule has 1 fully saturated rings. The van der Waals surface area contributed by atoms with Crippen molar-refractivity contribution in [3.8, 4) is 11.5 Å². The lowest BCUT2D eigenvalue weighted by Gasteiger charge is -2.29. The zero-order valence-electron chi connectivity index (χ0n) is 18.8. The molecule has 0 spiro atoms. The molecule has 0 atom stereocenters. The van der Waals surface area contributed by atoms with E-state index in [2.05, 4.69) is 5.32 Å². The highest BCUT2D eigenvalue weighted by molar-refractivity contribution is 7.80. The third-order valence-electron chi connectivity index (χ3n) is 5.26. The van der Waals surface area contributed by atoms with Crippen molar-refractivity contribution >= 4 is 52.5 Å². The standard InChI is InChI=1S/C26H20ClFN2O4S/c1-15-7-9-16(10-8-15)14-34-23-19(27)12-17(13-22(23)33-2)11-18-24(31)29-26(35)30(25(18)32)21-6-4-3-5-20(21)28/h3-13H,14H2,1-2H3,(H,29,31,35)/b18-11+. The summed E-state index contributed by atoms with van der Waals surface area (Å²) < 4.78 is 25.7. The molecule has 1 N–H and O–H groups in total. The highest BCUT2D eigenvalue weighted by Crippen LogP contribution is 2.38. The Balaban J connectivity index is 1.64. The zero-order chi connectivity index (χ0) is 25.1. The van der Waals surface area contributed by atoms with E-state index in [4.69, 9.17) is 33.3 Å². The number of para-hydroxylation sites is 1. The minimum atomic E-state index is -0.765. The molecule has 178 valence electrons. The summed E-state index contributed by atoms with van der Waals surface area (Å²) in [6.45, 7) is 2.27. The Morgan fingerprint density at radius 2 is 1.83 bits per heavy atom. The molecule has 1 aliphatic rings. The van der Waals surface area contributed by atoms with Gasteiger partial charge in [-0.2, -0.15) is 0 Å². The molecule has 0 aliphatic carbocycles. The maximum Gasteiger partial charge on any atom is 0.270 e. The molecule has 0 aromatic heterocycles. The molecule has 1 aliphatic heterocycles. The van der Waals surface area contributed by atoms with Crippen LogP contribution in [-0.2, 0) is 16.2 Å². The fourth-order valence-electron chi connectivity index (χ4n) is 3.48. The third-order valence-corrected chi connectivity index (χ3v) is 5.83.